The van der Waals surface area contributed by atoms with Gasteiger partial charge >= 0.3 is 5.69 Å². The van der Waals surface area contributed by atoms with Crippen molar-refractivity contribution in [2.45, 2.75) is 18.9 Å². The number of aromatic nitrogens is 2. The third kappa shape index (κ3) is 3.91. The number of carbonyl (C=O) groups is 2. The summed E-state index contributed by atoms with van der Waals surface area (Å²) in [5.41, 5.74) is -0.178. The number of H-pyrrole nitrogens is 1. The van der Waals surface area contributed by atoms with Gasteiger partial charge in [-0.05, 0) is 12.1 Å². The topological polar surface area (TPSA) is 114 Å². The molecule has 2 heterocycles. The zero-order valence-corrected chi connectivity index (χ0v) is 15.0. The number of nitrogens with one attached hydrogen (secondary N) is 2. The molecule has 2 aromatic rings. The minimum Gasteiger partial charge on any atom is -0.497 e. The van der Waals surface area contributed by atoms with Crippen LogP contribution in [-0.4, -0.2) is 41.1 Å². The molecule has 2 amide bonds. The van der Waals surface area contributed by atoms with Crippen LogP contribution in [0.2, 0.25) is 0 Å². The smallest absolute Gasteiger partial charge is 0.328 e. The lowest BCUT2D eigenvalue weighted by Gasteiger charge is -2.18. The van der Waals surface area contributed by atoms with Gasteiger partial charge in [0.05, 0.1) is 19.6 Å². The summed E-state index contributed by atoms with van der Waals surface area (Å²) < 4.78 is 6.08. The van der Waals surface area contributed by atoms with Crippen LogP contribution in [0.5, 0.6) is 5.75 Å². The van der Waals surface area contributed by atoms with E-state index in [1.807, 2.05) is 0 Å². The first-order valence-electron chi connectivity index (χ1n) is 8.40. The van der Waals surface area contributed by atoms with Crippen LogP contribution < -0.4 is 26.2 Å². The number of carbonyl (C=O) groups excluding carboxylic acids is 2. The summed E-state index contributed by atoms with van der Waals surface area (Å²) in [5.74, 6) is 0.152. The predicted molar refractivity (Wildman–Crippen MR) is 97.9 cm³/mol. The van der Waals surface area contributed by atoms with Crippen molar-refractivity contribution < 1.29 is 14.3 Å². The normalized spacial score (nSPS) is 16.4. The third-order valence-corrected chi connectivity index (χ3v) is 4.46. The lowest BCUT2D eigenvalue weighted by molar-refractivity contribution is -0.121. The lowest BCUT2D eigenvalue weighted by Crippen LogP contribution is -2.40. The summed E-state index contributed by atoms with van der Waals surface area (Å²) >= 11 is 0. The fourth-order valence-corrected chi connectivity index (χ4v) is 3.03. The van der Waals surface area contributed by atoms with Gasteiger partial charge in [0.15, 0.2) is 0 Å². The molecular weight excluding hydrogens is 352 g/mol. The van der Waals surface area contributed by atoms with E-state index in [1.54, 1.807) is 36.3 Å². The Kier molecular flexibility index (Phi) is 5.11. The van der Waals surface area contributed by atoms with Crippen LogP contribution in [0.3, 0.4) is 0 Å². The minimum absolute atomic E-state index is 0.103. The van der Waals surface area contributed by atoms with Crippen LogP contribution >= 0.6 is 0 Å². The molecule has 1 aliphatic heterocycles. The number of aromatic amines is 1. The Morgan fingerprint density at radius 3 is 2.85 bits per heavy atom. The molecular formula is C18H20N4O5. The van der Waals surface area contributed by atoms with E-state index in [2.05, 4.69) is 10.3 Å². The van der Waals surface area contributed by atoms with Crippen LogP contribution in [0.15, 0.2) is 40.1 Å². The lowest BCUT2D eigenvalue weighted by atomic mass is 10.2. The Labute approximate surface area is 154 Å². The quantitative estimate of drug-likeness (QED) is 0.738. The van der Waals surface area contributed by atoms with Crippen molar-refractivity contribution >= 4 is 17.5 Å². The van der Waals surface area contributed by atoms with E-state index in [9.17, 15) is 19.2 Å². The number of hydrogen-bond acceptors (Lipinski definition) is 5. The largest absolute Gasteiger partial charge is 0.497 e. The van der Waals surface area contributed by atoms with Crippen LogP contribution in [0.4, 0.5) is 5.69 Å². The van der Waals surface area contributed by atoms with Crippen molar-refractivity contribution in [3.05, 3.63) is 56.9 Å². The van der Waals surface area contributed by atoms with Gasteiger partial charge < -0.3 is 19.9 Å². The van der Waals surface area contributed by atoms with Crippen molar-refractivity contribution in [3.8, 4) is 5.75 Å². The Morgan fingerprint density at radius 1 is 1.33 bits per heavy atom. The molecule has 0 aliphatic carbocycles. The molecule has 1 aromatic heterocycles. The predicted octanol–water partition coefficient (Wildman–Crippen LogP) is -0.454. The highest BCUT2D eigenvalue weighted by Crippen LogP contribution is 2.25. The maximum absolute atomic E-state index is 12.3. The van der Waals surface area contributed by atoms with E-state index < -0.39 is 11.2 Å². The summed E-state index contributed by atoms with van der Waals surface area (Å²) in [4.78, 5) is 51.9. The van der Waals surface area contributed by atoms with Gasteiger partial charge in [0.1, 0.15) is 5.75 Å². The number of amides is 2. The number of benzene rings is 1. The zero-order valence-electron chi connectivity index (χ0n) is 15.0. The average Bonchev–Trinajstić information content (AvgIpc) is 3.02. The van der Waals surface area contributed by atoms with Crippen LogP contribution in [-0.2, 0) is 23.1 Å². The Morgan fingerprint density at radius 2 is 2.11 bits per heavy atom. The Bertz CT molecular complexity index is 994. The molecule has 9 heteroatoms. The van der Waals surface area contributed by atoms with E-state index >= 15 is 0 Å². The van der Waals surface area contributed by atoms with Crippen molar-refractivity contribution in [2.75, 3.05) is 18.6 Å². The standard InChI is InChI=1S/C18H20N4O5/c1-21-17(25)11(9-19-18(21)26)6-15(23)20-12-7-16(24)22(10-12)13-4-3-5-14(8-13)27-2/h3-5,8-9,12H,6-7,10H2,1-2H3,(H,19,26)(H,20,23)/t12-/m0/s1. The number of ether oxygens (including phenoxy) is 1. The van der Waals surface area contributed by atoms with Crippen molar-refractivity contribution in [3.63, 3.8) is 0 Å². The molecule has 1 atom stereocenters. The number of methoxy groups -OCH3 is 1. The molecule has 2 N–H and O–H groups in total. The van der Waals surface area contributed by atoms with Gasteiger partial charge in [0.25, 0.3) is 5.56 Å². The van der Waals surface area contributed by atoms with E-state index in [0.29, 0.717) is 18.0 Å². The summed E-state index contributed by atoms with van der Waals surface area (Å²) in [7, 11) is 2.89. The highest BCUT2D eigenvalue weighted by atomic mass is 16.5. The van der Waals surface area contributed by atoms with E-state index in [1.165, 1.54) is 13.2 Å². The Balaban J connectivity index is 1.66. The summed E-state index contributed by atoms with van der Waals surface area (Å²) in [6.45, 7) is 0.335. The van der Waals surface area contributed by atoms with Crippen molar-refractivity contribution in [1.29, 1.82) is 0 Å². The second kappa shape index (κ2) is 7.48. The molecule has 0 unspecified atom stereocenters. The molecule has 1 aliphatic rings. The van der Waals surface area contributed by atoms with Crippen LogP contribution in [0, 0.1) is 0 Å². The van der Waals surface area contributed by atoms with Gasteiger partial charge in [-0.3, -0.25) is 19.0 Å². The molecule has 3 rings (SSSR count). The first kappa shape index (κ1) is 18.4. The minimum atomic E-state index is -0.542. The molecule has 1 fully saturated rings. The van der Waals surface area contributed by atoms with Gasteiger partial charge in [-0.25, -0.2) is 4.79 Å². The fraction of sp³-hybridized carbons (Fsp3) is 0.333. The summed E-state index contributed by atoms with van der Waals surface area (Å²) in [5, 5.41) is 2.77. The second-order valence-corrected chi connectivity index (χ2v) is 6.33. The highest BCUT2D eigenvalue weighted by molar-refractivity contribution is 5.97. The highest BCUT2D eigenvalue weighted by Gasteiger charge is 2.31. The molecule has 27 heavy (non-hydrogen) atoms. The zero-order chi connectivity index (χ0) is 19.6. The van der Waals surface area contributed by atoms with E-state index in [4.69, 9.17) is 4.74 Å². The van der Waals surface area contributed by atoms with Gasteiger partial charge in [-0.15, -0.1) is 0 Å². The van der Waals surface area contributed by atoms with Crippen molar-refractivity contribution in [2.24, 2.45) is 7.05 Å². The van der Waals surface area contributed by atoms with Gasteiger partial charge in [0.2, 0.25) is 11.8 Å². The van der Waals surface area contributed by atoms with E-state index in [-0.39, 0.29) is 36.3 Å². The Hall–Kier alpha value is -3.36. The summed E-state index contributed by atoms with van der Waals surface area (Å²) in [6.07, 6.45) is 1.24. The van der Waals surface area contributed by atoms with Gasteiger partial charge in [-0.2, -0.15) is 0 Å². The SMILES string of the molecule is COc1cccc(N2C[C@@H](NC(=O)Cc3c[nH]c(=O)n(C)c3=O)CC2=O)c1. The first-order chi connectivity index (χ1) is 12.9. The van der Waals surface area contributed by atoms with Gasteiger partial charge in [0, 0.05) is 43.5 Å². The molecule has 1 saturated heterocycles. The molecule has 142 valence electrons. The monoisotopic (exact) mass is 372 g/mol. The van der Waals surface area contributed by atoms with Gasteiger partial charge in [-0.1, -0.05) is 6.07 Å². The second-order valence-electron chi connectivity index (χ2n) is 6.33. The maximum Gasteiger partial charge on any atom is 0.328 e. The molecule has 0 spiro atoms. The number of anilines is 1. The molecule has 0 radical (unpaired) electrons. The molecule has 1 aromatic carbocycles. The van der Waals surface area contributed by atoms with E-state index in [0.717, 1.165) is 4.57 Å². The summed E-state index contributed by atoms with van der Waals surface area (Å²) in [6, 6.07) is 6.77. The number of nitrogens with zero attached hydrogens (tertiary/aromatic N) is 2. The number of rotatable bonds is 5. The fourth-order valence-electron chi connectivity index (χ4n) is 3.03. The average molecular weight is 372 g/mol. The number of hydrogen-bond donors (Lipinski definition) is 2. The molecule has 0 bridgehead atoms. The maximum atomic E-state index is 12.3. The van der Waals surface area contributed by atoms with Crippen LogP contribution in [0.25, 0.3) is 0 Å². The molecule has 9 nitrogen and oxygen atoms in total. The first-order valence-corrected chi connectivity index (χ1v) is 8.40. The van der Waals surface area contributed by atoms with Crippen LogP contribution in [0.1, 0.15) is 12.0 Å². The van der Waals surface area contributed by atoms with Crippen molar-refractivity contribution in [1.82, 2.24) is 14.9 Å². The molecule has 0 saturated carbocycles. The third-order valence-electron chi connectivity index (χ3n) is 4.46.